The third kappa shape index (κ3) is 2.64. The van der Waals surface area contributed by atoms with Crippen molar-refractivity contribution in [2.45, 2.75) is 6.92 Å². The molecule has 1 aromatic carbocycles. The number of non-ortho nitro benzene ring substituents is 1. The standard InChI is InChI=1S/C12H14FN3O3/c1-2-14-5-6-15(8-12(14)17)11-4-3-9(16(18)19)7-10(11)13/h3-4,7H,2,5-6,8H2,1H3. The van der Waals surface area contributed by atoms with Gasteiger partial charge < -0.3 is 9.80 Å². The number of nitrogens with zero attached hydrogens (tertiary/aromatic N) is 3. The van der Waals surface area contributed by atoms with Crippen LogP contribution in [0.3, 0.4) is 0 Å². The van der Waals surface area contributed by atoms with Crippen LogP contribution in [0.5, 0.6) is 0 Å². The van der Waals surface area contributed by atoms with Crippen LogP contribution in [0.25, 0.3) is 0 Å². The lowest BCUT2D eigenvalue weighted by Gasteiger charge is -2.35. The van der Waals surface area contributed by atoms with Crippen molar-refractivity contribution in [1.82, 2.24) is 4.90 Å². The quantitative estimate of drug-likeness (QED) is 0.613. The predicted molar refractivity (Wildman–Crippen MR) is 67.5 cm³/mol. The molecule has 1 fully saturated rings. The second-order valence-electron chi connectivity index (χ2n) is 4.29. The van der Waals surface area contributed by atoms with E-state index in [-0.39, 0.29) is 23.8 Å². The smallest absolute Gasteiger partial charge is 0.272 e. The van der Waals surface area contributed by atoms with Gasteiger partial charge in [-0.2, -0.15) is 0 Å². The maximum absolute atomic E-state index is 13.8. The van der Waals surface area contributed by atoms with Crippen molar-refractivity contribution in [2.24, 2.45) is 0 Å². The molecule has 1 heterocycles. The largest absolute Gasteiger partial charge is 0.358 e. The van der Waals surface area contributed by atoms with Crippen LogP contribution in [-0.4, -0.2) is 41.9 Å². The minimum atomic E-state index is -0.674. The van der Waals surface area contributed by atoms with Gasteiger partial charge in [0.25, 0.3) is 5.69 Å². The number of halogens is 1. The lowest BCUT2D eigenvalue weighted by Crippen LogP contribution is -2.50. The summed E-state index contributed by atoms with van der Waals surface area (Å²) in [7, 11) is 0. The monoisotopic (exact) mass is 267 g/mol. The van der Waals surface area contributed by atoms with Crippen molar-refractivity contribution >= 4 is 17.3 Å². The van der Waals surface area contributed by atoms with Crippen LogP contribution in [0, 0.1) is 15.9 Å². The average Bonchev–Trinajstić information content (AvgIpc) is 2.38. The first-order valence-corrected chi connectivity index (χ1v) is 5.99. The SMILES string of the molecule is CCN1CCN(c2ccc([N+](=O)[O-])cc2F)CC1=O. The highest BCUT2D eigenvalue weighted by molar-refractivity contribution is 5.83. The molecular formula is C12H14FN3O3. The summed E-state index contributed by atoms with van der Waals surface area (Å²) in [6, 6.07) is 3.48. The Balaban J connectivity index is 2.19. The Bertz CT molecular complexity index is 521. The summed E-state index contributed by atoms with van der Waals surface area (Å²) in [5, 5.41) is 10.5. The summed E-state index contributed by atoms with van der Waals surface area (Å²) in [5.41, 5.74) is -0.0607. The minimum Gasteiger partial charge on any atom is -0.358 e. The number of hydrogen-bond acceptors (Lipinski definition) is 4. The lowest BCUT2D eigenvalue weighted by atomic mass is 10.2. The zero-order chi connectivity index (χ0) is 14.0. The summed E-state index contributed by atoms with van der Waals surface area (Å²) >= 11 is 0. The minimum absolute atomic E-state index is 0.0634. The van der Waals surface area contributed by atoms with Crippen molar-refractivity contribution in [1.29, 1.82) is 0 Å². The van der Waals surface area contributed by atoms with Gasteiger partial charge in [0.2, 0.25) is 5.91 Å². The van der Waals surface area contributed by atoms with Gasteiger partial charge in [-0.3, -0.25) is 14.9 Å². The van der Waals surface area contributed by atoms with E-state index in [4.69, 9.17) is 0 Å². The Morgan fingerprint density at radius 1 is 1.42 bits per heavy atom. The first-order chi connectivity index (χ1) is 9.02. The molecule has 1 aromatic rings. The number of hydrogen-bond donors (Lipinski definition) is 0. The van der Waals surface area contributed by atoms with Gasteiger partial charge >= 0.3 is 0 Å². The molecule has 6 nitrogen and oxygen atoms in total. The molecule has 19 heavy (non-hydrogen) atoms. The highest BCUT2D eigenvalue weighted by Crippen LogP contribution is 2.25. The molecule has 0 bridgehead atoms. The number of carbonyl (C=O) groups excluding carboxylic acids is 1. The summed E-state index contributed by atoms with van der Waals surface area (Å²) in [6.07, 6.45) is 0. The zero-order valence-electron chi connectivity index (χ0n) is 10.5. The number of nitro benzene ring substituents is 1. The fraction of sp³-hybridized carbons (Fsp3) is 0.417. The van der Waals surface area contributed by atoms with Crippen molar-refractivity contribution in [3.63, 3.8) is 0 Å². The molecule has 1 aliphatic heterocycles. The molecular weight excluding hydrogens is 253 g/mol. The topological polar surface area (TPSA) is 66.7 Å². The molecule has 0 N–H and O–H groups in total. The maximum Gasteiger partial charge on any atom is 0.272 e. The second-order valence-corrected chi connectivity index (χ2v) is 4.29. The summed E-state index contributed by atoms with van der Waals surface area (Å²) in [6.45, 7) is 3.68. The van der Waals surface area contributed by atoms with E-state index >= 15 is 0 Å². The zero-order valence-corrected chi connectivity index (χ0v) is 10.5. The van der Waals surface area contributed by atoms with Crippen LogP contribution >= 0.6 is 0 Å². The lowest BCUT2D eigenvalue weighted by molar-refractivity contribution is -0.385. The van der Waals surface area contributed by atoms with E-state index in [1.807, 2.05) is 6.92 Å². The highest BCUT2D eigenvalue weighted by Gasteiger charge is 2.25. The van der Waals surface area contributed by atoms with E-state index in [1.165, 1.54) is 12.1 Å². The molecule has 2 rings (SSSR count). The van der Waals surface area contributed by atoms with Crippen LogP contribution in [0.15, 0.2) is 18.2 Å². The number of rotatable bonds is 3. The third-order valence-electron chi connectivity index (χ3n) is 3.18. The Morgan fingerprint density at radius 3 is 2.68 bits per heavy atom. The first kappa shape index (κ1) is 13.3. The molecule has 0 atom stereocenters. The number of amides is 1. The molecule has 7 heteroatoms. The highest BCUT2D eigenvalue weighted by atomic mass is 19.1. The van der Waals surface area contributed by atoms with Crippen LogP contribution in [0.2, 0.25) is 0 Å². The Labute approximate surface area is 109 Å². The van der Waals surface area contributed by atoms with Crippen LogP contribution in [-0.2, 0) is 4.79 Å². The molecule has 0 spiro atoms. The molecule has 0 unspecified atom stereocenters. The number of piperazine rings is 1. The molecule has 1 saturated heterocycles. The normalized spacial score (nSPS) is 15.8. The molecule has 0 aromatic heterocycles. The molecule has 0 saturated carbocycles. The number of likely N-dealkylation sites (N-methyl/N-ethyl adjacent to an activating group) is 1. The fourth-order valence-corrected chi connectivity index (χ4v) is 2.11. The van der Waals surface area contributed by atoms with Gasteiger partial charge in [0.15, 0.2) is 5.82 Å². The van der Waals surface area contributed by atoms with Gasteiger partial charge in [-0.15, -0.1) is 0 Å². The Hall–Kier alpha value is -2.18. The molecule has 0 aliphatic carbocycles. The average molecular weight is 267 g/mol. The van der Waals surface area contributed by atoms with Crippen molar-refractivity contribution in [2.75, 3.05) is 31.1 Å². The van der Waals surface area contributed by atoms with E-state index in [0.29, 0.717) is 19.6 Å². The van der Waals surface area contributed by atoms with Crippen LogP contribution in [0.1, 0.15) is 6.92 Å². The van der Waals surface area contributed by atoms with E-state index in [2.05, 4.69) is 0 Å². The Morgan fingerprint density at radius 2 is 2.16 bits per heavy atom. The fourth-order valence-electron chi connectivity index (χ4n) is 2.11. The molecule has 1 amide bonds. The maximum atomic E-state index is 13.8. The number of benzene rings is 1. The van der Waals surface area contributed by atoms with Gasteiger partial charge in [0.05, 0.1) is 23.2 Å². The molecule has 0 radical (unpaired) electrons. The van der Waals surface area contributed by atoms with Crippen molar-refractivity contribution in [3.05, 3.63) is 34.1 Å². The number of carbonyl (C=O) groups is 1. The summed E-state index contributed by atoms with van der Waals surface area (Å²) in [4.78, 5) is 24.9. The molecule has 102 valence electrons. The number of nitro groups is 1. The van der Waals surface area contributed by atoms with E-state index in [0.717, 1.165) is 6.07 Å². The van der Waals surface area contributed by atoms with E-state index in [1.54, 1.807) is 9.80 Å². The van der Waals surface area contributed by atoms with E-state index in [9.17, 15) is 19.3 Å². The van der Waals surface area contributed by atoms with Gasteiger partial charge in [-0.1, -0.05) is 0 Å². The van der Waals surface area contributed by atoms with Crippen LogP contribution < -0.4 is 4.90 Å². The number of anilines is 1. The second kappa shape index (κ2) is 5.21. The van der Waals surface area contributed by atoms with Gasteiger partial charge in [0, 0.05) is 25.7 Å². The predicted octanol–water partition coefficient (Wildman–Crippen LogP) is 1.40. The summed E-state index contributed by atoms with van der Waals surface area (Å²) in [5.74, 6) is -0.738. The third-order valence-corrected chi connectivity index (χ3v) is 3.18. The van der Waals surface area contributed by atoms with Crippen molar-refractivity contribution in [3.8, 4) is 0 Å². The van der Waals surface area contributed by atoms with E-state index < -0.39 is 10.7 Å². The Kier molecular flexibility index (Phi) is 3.64. The van der Waals surface area contributed by atoms with Crippen molar-refractivity contribution < 1.29 is 14.1 Å². The first-order valence-electron chi connectivity index (χ1n) is 5.99. The van der Waals surface area contributed by atoms with Crippen LogP contribution in [0.4, 0.5) is 15.8 Å². The van der Waals surface area contributed by atoms with Gasteiger partial charge in [-0.25, -0.2) is 4.39 Å². The van der Waals surface area contributed by atoms with Gasteiger partial charge in [-0.05, 0) is 13.0 Å². The summed E-state index contributed by atoms with van der Waals surface area (Å²) < 4.78 is 13.8. The van der Waals surface area contributed by atoms with Gasteiger partial charge in [0.1, 0.15) is 0 Å². The molecule has 1 aliphatic rings.